The van der Waals surface area contributed by atoms with Gasteiger partial charge in [-0.2, -0.15) is 10.1 Å². The Morgan fingerprint density at radius 3 is 2.74 bits per heavy atom. The summed E-state index contributed by atoms with van der Waals surface area (Å²) < 4.78 is 7.20. The molecule has 12 heteroatoms. The van der Waals surface area contributed by atoms with E-state index in [2.05, 4.69) is 47.1 Å². The summed E-state index contributed by atoms with van der Waals surface area (Å²) in [5, 5.41) is 17.8. The van der Waals surface area contributed by atoms with Crippen LogP contribution in [0.2, 0.25) is 0 Å². The number of nitrogens with zero attached hydrogens (tertiary/aromatic N) is 5. The molecule has 3 N–H and O–H groups in total. The number of amides is 2. The van der Waals surface area contributed by atoms with Gasteiger partial charge in [0, 0.05) is 36.5 Å². The van der Waals surface area contributed by atoms with Gasteiger partial charge in [-0.1, -0.05) is 12.1 Å². The van der Waals surface area contributed by atoms with Gasteiger partial charge in [0.15, 0.2) is 5.65 Å². The molecule has 0 bridgehead atoms. The first kappa shape index (κ1) is 23.0. The van der Waals surface area contributed by atoms with Crippen LogP contribution in [-0.2, 0) is 4.79 Å². The number of rotatable bonds is 6. The standard InChI is InChI=1S/C23H23BrN8O3/c1-23(21(34)25-2)9-7-14(11-23)29-22-26-12-16-18(24)31-32(19(16)30-22)15-5-3-13(4-6-15)28-20(33)17-8-10-27-35-17/h3-6,8,10,12,14H,7,9,11H2,1-2H3,(H,25,34)(H,28,33)(H,26,29,30)/t14-,23-/m1/s1. The van der Waals surface area contributed by atoms with Crippen LogP contribution in [0.15, 0.2) is 51.9 Å². The fourth-order valence-electron chi connectivity index (χ4n) is 4.38. The minimum Gasteiger partial charge on any atom is -0.359 e. The molecule has 4 aromatic rings. The average molecular weight is 539 g/mol. The number of benzene rings is 1. The number of hydrogen-bond donors (Lipinski definition) is 3. The van der Waals surface area contributed by atoms with Crippen LogP contribution in [0.1, 0.15) is 36.7 Å². The highest BCUT2D eigenvalue weighted by atomic mass is 79.9. The van der Waals surface area contributed by atoms with Crippen LogP contribution < -0.4 is 16.0 Å². The second kappa shape index (κ2) is 9.10. The Hall–Kier alpha value is -3.80. The van der Waals surface area contributed by atoms with Crippen LogP contribution in [0.4, 0.5) is 11.6 Å². The lowest BCUT2D eigenvalue weighted by molar-refractivity contribution is -0.129. The monoisotopic (exact) mass is 538 g/mol. The maximum atomic E-state index is 12.2. The Morgan fingerprint density at radius 2 is 2.03 bits per heavy atom. The molecule has 1 aliphatic carbocycles. The van der Waals surface area contributed by atoms with E-state index in [0.717, 1.165) is 23.9 Å². The molecule has 1 aromatic carbocycles. The number of halogens is 1. The van der Waals surface area contributed by atoms with Crippen molar-refractivity contribution in [1.82, 2.24) is 30.2 Å². The fourth-order valence-corrected chi connectivity index (χ4v) is 4.82. The van der Waals surface area contributed by atoms with Crippen LogP contribution in [0, 0.1) is 5.41 Å². The highest BCUT2D eigenvalue weighted by Gasteiger charge is 2.40. The molecule has 1 saturated carbocycles. The lowest BCUT2D eigenvalue weighted by Gasteiger charge is -2.22. The summed E-state index contributed by atoms with van der Waals surface area (Å²) in [6.45, 7) is 1.99. The second-order valence-corrected chi connectivity index (χ2v) is 9.49. The van der Waals surface area contributed by atoms with E-state index >= 15 is 0 Å². The average Bonchev–Trinajstić information content (AvgIpc) is 3.60. The number of anilines is 2. The molecule has 0 radical (unpaired) electrons. The quantitative estimate of drug-likeness (QED) is 0.338. The van der Waals surface area contributed by atoms with Gasteiger partial charge in [-0.05, 0) is 59.5 Å². The van der Waals surface area contributed by atoms with E-state index in [1.807, 2.05) is 19.1 Å². The molecule has 0 aliphatic heterocycles. The molecule has 1 aliphatic rings. The van der Waals surface area contributed by atoms with E-state index in [4.69, 9.17) is 9.51 Å². The molecule has 0 spiro atoms. The number of fused-ring (bicyclic) bond motifs is 1. The lowest BCUT2D eigenvalue weighted by atomic mass is 9.87. The van der Waals surface area contributed by atoms with Crippen molar-refractivity contribution in [2.75, 3.05) is 17.7 Å². The van der Waals surface area contributed by atoms with Crippen LogP contribution in [-0.4, -0.2) is 49.8 Å². The van der Waals surface area contributed by atoms with Crippen molar-refractivity contribution in [2.24, 2.45) is 5.41 Å². The van der Waals surface area contributed by atoms with Gasteiger partial charge in [0.25, 0.3) is 5.91 Å². The first-order valence-corrected chi connectivity index (χ1v) is 11.9. The Bertz CT molecular complexity index is 1390. The molecule has 3 aromatic heterocycles. The van der Waals surface area contributed by atoms with Gasteiger partial charge in [0.2, 0.25) is 17.6 Å². The Labute approximate surface area is 208 Å². The molecule has 3 heterocycles. The van der Waals surface area contributed by atoms with Crippen molar-refractivity contribution in [1.29, 1.82) is 0 Å². The molecule has 0 unspecified atom stereocenters. The van der Waals surface area contributed by atoms with Gasteiger partial charge in [-0.15, -0.1) is 0 Å². The smallest absolute Gasteiger partial charge is 0.294 e. The van der Waals surface area contributed by atoms with Gasteiger partial charge in [-0.3, -0.25) is 9.59 Å². The van der Waals surface area contributed by atoms with E-state index in [1.165, 1.54) is 12.3 Å². The molecular formula is C23H23BrN8O3. The van der Waals surface area contributed by atoms with Gasteiger partial charge >= 0.3 is 0 Å². The fraction of sp³-hybridized carbons (Fsp3) is 0.304. The van der Waals surface area contributed by atoms with E-state index < -0.39 is 5.41 Å². The van der Waals surface area contributed by atoms with Crippen LogP contribution >= 0.6 is 15.9 Å². The van der Waals surface area contributed by atoms with E-state index in [0.29, 0.717) is 28.3 Å². The molecule has 2 amide bonds. The van der Waals surface area contributed by atoms with Crippen LogP contribution in [0.5, 0.6) is 0 Å². The summed E-state index contributed by atoms with van der Waals surface area (Å²) in [6, 6.07) is 8.79. The predicted molar refractivity (Wildman–Crippen MR) is 132 cm³/mol. The minimum atomic E-state index is -0.397. The highest BCUT2D eigenvalue weighted by Crippen LogP contribution is 2.39. The first-order valence-electron chi connectivity index (χ1n) is 11.1. The molecule has 180 valence electrons. The topological polar surface area (TPSA) is 140 Å². The van der Waals surface area contributed by atoms with Crippen LogP contribution in [0.25, 0.3) is 16.7 Å². The number of carbonyl (C=O) groups excluding carboxylic acids is 2. The molecule has 1 fully saturated rings. The van der Waals surface area contributed by atoms with Crippen molar-refractivity contribution >= 4 is 50.4 Å². The van der Waals surface area contributed by atoms with E-state index in [9.17, 15) is 9.59 Å². The summed E-state index contributed by atoms with van der Waals surface area (Å²) >= 11 is 3.49. The largest absolute Gasteiger partial charge is 0.359 e. The van der Waals surface area contributed by atoms with Gasteiger partial charge in [-0.25, -0.2) is 9.67 Å². The number of carbonyl (C=O) groups is 2. The number of nitrogens with one attached hydrogen (secondary N) is 3. The van der Waals surface area contributed by atoms with Crippen LogP contribution in [0.3, 0.4) is 0 Å². The molecule has 35 heavy (non-hydrogen) atoms. The maximum absolute atomic E-state index is 12.2. The Morgan fingerprint density at radius 1 is 1.23 bits per heavy atom. The third-order valence-corrected chi connectivity index (χ3v) is 6.85. The first-order chi connectivity index (χ1) is 16.9. The van der Waals surface area contributed by atoms with Crippen molar-refractivity contribution in [3.8, 4) is 5.69 Å². The van der Waals surface area contributed by atoms with Gasteiger partial charge < -0.3 is 20.5 Å². The lowest BCUT2D eigenvalue weighted by Crippen LogP contribution is -2.35. The Balaban J connectivity index is 1.36. The summed E-state index contributed by atoms with van der Waals surface area (Å²) in [5.74, 6) is 0.282. The zero-order valence-corrected chi connectivity index (χ0v) is 20.7. The molecule has 11 nitrogen and oxygen atoms in total. The van der Waals surface area contributed by atoms with Gasteiger partial charge in [0.1, 0.15) is 4.60 Å². The highest BCUT2D eigenvalue weighted by molar-refractivity contribution is 9.10. The minimum absolute atomic E-state index is 0.0561. The van der Waals surface area contributed by atoms with Crippen molar-refractivity contribution < 1.29 is 14.1 Å². The maximum Gasteiger partial charge on any atom is 0.294 e. The van der Waals surface area contributed by atoms with Crippen molar-refractivity contribution in [3.63, 3.8) is 0 Å². The number of hydrogen-bond acceptors (Lipinski definition) is 8. The molecule has 2 atom stereocenters. The summed E-state index contributed by atoms with van der Waals surface area (Å²) in [5.41, 5.74) is 1.59. The SMILES string of the molecule is CNC(=O)[C@]1(C)CC[C@@H](Nc2ncc3c(Br)nn(-c4ccc(NC(=O)c5ccno5)cc4)c3n2)C1. The summed E-state index contributed by atoms with van der Waals surface area (Å²) in [7, 11) is 1.67. The zero-order chi connectivity index (χ0) is 24.6. The van der Waals surface area contributed by atoms with E-state index in [-0.39, 0.29) is 23.6 Å². The zero-order valence-electron chi connectivity index (χ0n) is 19.1. The molecule has 0 saturated heterocycles. The van der Waals surface area contributed by atoms with E-state index in [1.54, 1.807) is 30.1 Å². The summed E-state index contributed by atoms with van der Waals surface area (Å²) in [4.78, 5) is 33.6. The van der Waals surface area contributed by atoms with Crippen molar-refractivity contribution in [2.45, 2.75) is 32.2 Å². The number of aromatic nitrogens is 5. The summed E-state index contributed by atoms with van der Waals surface area (Å²) in [6.07, 6.45) is 5.50. The second-order valence-electron chi connectivity index (χ2n) is 8.74. The molecule has 5 rings (SSSR count). The normalized spacial score (nSPS) is 19.6. The third kappa shape index (κ3) is 4.48. The predicted octanol–water partition coefficient (Wildman–Crippen LogP) is 3.54. The van der Waals surface area contributed by atoms with Crippen molar-refractivity contribution in [3.05, 3.63) is 53.1 Å². The van der Waals surface area contributed by atoms with Gasteiger partial charge in [0.05, 0.1) is 17.3 Å². The third-order valence-electron chi connectivity index (χ3n) is 6.26. The molecular weight excluding hydrogens is 516 g/mol. The Kier molecular flexibility index (Phi) is 5.97.